The molecular weight excluding hydrogens is 329 g/mol. The van der Waals surface area contributed by atoms with E-state index in [0.29, 0.717) is 10.2 Å². The number of alkyl halides is 3. The second kappa shape index (κ2) is 5.78. The normalized spacial score (nSPS) is 13.4. The molecule has 0 saturated heterocycles. The molecule has 120 valence electrons. The smallest absolute Gasteiger partial charge is 0.387 e. The Labute approximate surface area is 132 Å². The van der Waals surface area contributed by atoms with Crippen LogP contribution in [0.1, 0.15) is 17.2 Å². The number of thiophene rings is 1. The van der Waals surface area contributed by atoms with Crippen LogP contribution in [0.3, 0.4) is 0 Å². The van der Waals surface area contributed by atoms with Gasteiger partial charge in [0.15, 0.2) is 0 Å². The minimum Gasteiger partial charge on any atom is -0.387 e. The Hall–Kier alpha value is -2.19. The summed E-state index contributed by atoms with van der Waals surface area (Å²) in [5, 5.41) is 12.3. The number of hydrogen-bond acceptors (Lipinski definition) is 4. The lowest BCUT2D eigenvalue weighted by Gasteiger charge is -2.15. The standard InChI is InChI=1S/C15H11F3N2O2S/c16-15(17,18)10-3-1-2-9(6-10)12(21)7-20-8-19-13-11(14(20)22)4-5-23-13/h1-6,8,12,21H,7H2/t12-/m1/s1. The summed E-state index contributed by atoms with van der Waals surface area (Å²) < 4.78 is 39.3. The Kier molecular flexibility index (Phi) is 3.95. The Morgan fingerprint density at radius 2 is 2.09 bits per heavy atom. The molecule has 0 aliphatic heterocycles. The van der Waals surface area contributed by atoms with Gasteiger partial charge in [0, 0.05) is 0 Å². The van der Waals surface area contributed by atoms with Gasteiger partial charge in [-0.25, -0.2) is 4.98 Å². The van der Waals surface area contributed by atoms with Gasteiger partial charge in [0.2, 0.25) is 0 Å². The predicted molar refractivity (Wildman–Crippen MR) is 80.3 cm³/mol. The second-order valence-corrected chi connectivity index (χ2v) is 5.88. The molecular formula is C15H11F3N2O2S. The molecule has 1 aromatic carbocycles. The highest BCUT2D eigenvalue weighted by molar-refractivity contribution is 7.16. The van der Waals surface area contributed by atoms with Crippen LogP contribution in [0.4, 0.5) is 13.2 Å². The molecule has 1 N–H and O–H groups in total. The molecule has 0 bridgehead atoms. The third-order valence-corrected chi connectivity index (χ3v) is 4.24. The number of fused-ring (bicyclic) bond motifs is 1. The summed E-state index contributed by atoms with van der Waals surface area (Å²) in [5.41, 5.74) is -1.08. The van der Waals surface area contributed by atoms with E-state index in [9.17, 15) is 23.1 Å². The number of aromatic nitrogens is 2. The van der Waals surface area contributed by atoms with Gasteiger partial charge in [-0.2, -0.15) is 13.2 Å². The van der Waals surface area contributed by atoms with Crippen LogP contribution in [0.25, 0.3) is 10.2 Å². The van der Waals surface area contributed by atoms with E-state index in [4.69, 9.17) is 0 Å². The van der Waals surface area contributed by atoms with Gasteiger partial charge < -0.3 is 5.11 Å². The molecule has 0 amide bonds. The number of rotatable bonds is 3. The van der Waals surface area contributed by atoms with Crippen LogP contribution in [0, 0.1) is 0 Å². The first-order valence-electron chi connectivity index (χ1n) is 6.64. The van der Waals surface area contributed by atoms with Crippen molar-refractivity contribution >= 4 is 21.6 Å². The fraction of sp³-hybridized carbons (Fsp3) is 0.200. The molecule has 4 nitrogen and oxygen atoms in total. The maximum absolute atomic E-state index is 12.7. The topological polar surface area (TPSA) is 55.1 Å². The maximum atomic E-state index is 12.7. The van der Waals surface area contributed by atoms with E-state index in [1.165, 1.54) is 34.4 Å². The molecule has 8 heteroatoms. The molecule has 2 aromatic heterocycles. The van der Waals surface area contributed by atoms with Crippen LogP contribution < -0.4 is 5.56 Å². The highest BCUT2D eigenvalue weighted by Crippen LogP contribution is 2.31. The van der Waals surface area contributed by atoms with Crippen molar-refractivity contribution in [3.05, 3.63) is 63.5 Å². The van der Waals surface area contributed by atoms with E-state index in [1.807, 2.05) is 0 Å². The van der Waals surface area contributed by atoms with Crippen molar-refractivity contribution in [1.82, 2.24) is 9.55 Å². The summed E-state index contributed by atoms with van der Waals surface area (Å²) in [6.07, 6.45) is -4.44. The fourth-order valence-corrected chi connectivity index (χ4v) is 2.96. The van der Waals surface area contributed by atoms with Gasteiger partial charge in [-0.15, -0.1) is 11.3 Å². The zero-order valence-corrected chi connectivity index (χ0v) is 12.4. The first kappa shape index (κ1) is 15.7. The number of benzene rings is 1. The third kappa shape index (κ3) is 3.13. The molecule has 2 heterocycles. The van der Waals surface area contributed by atoms with Crippen molar-refractivity contribution in [1.29, 1.82) is 0 Å². The lowest BCUT2D eigenvalue weighted by atomic mass is 10.1. The molecule has 0 aliphatic carbocycles. The lowest BCUT2D eigenvalue weighted by Crippen LogP contribution is -2.23. The van der Waals surface area contributed by atoms with Crippen molar-refractivity contribution in [3.63, 3.8) is 0 Å². The highest BCUT2D eigenvalue weighted by Gasteiger charge is 2.30. The van der Waals surface area contributed by atoms with E-state index >= 15 is 0 Å². The van der Waals surface area contributed by atoms with Crippen LogP contribution in [-0.4, -0.2) is 14.7 Å². The minimum absolute atomic E-state index is 0.0946. The van der Waals surface area contributed by atoms with E-state index in [2.05, 4.69) is 4.98 Å². The lowest BCUT2D eigenvalue weighted by molar-refractivity contribution is -0.137. The summed E-state index contributed by atoms with van der Waals surface area (Å²) in [6.45, 7) is -0.168. The molecule has 0 saturated carbocycles. The van der Waals surface area contributed by atoms with Crippen LogP contribution in [0.15, 0.2) is 46.8 Å². The van der Waals surface area contributed by atoms with E-state index < -0.39 is 17.8 Å². The van der Waals surface area contributed by atoms with E-state index in [-0.39, 0.29) is 17.7 Å². The SMILES string of the molecule is O=c1c2ccsc2ncn1C[C@@H](O)c1cccc(C(F)(F)F)c1. The van der Waals surface area contributed by atoms with Gasteiger partial charge in [-0.3, -0.25) is 9.36 Å². The molecule has 0 spiro atoms. The second-order valence-electron chi connectivity index (χ2n) is 4.98. The number of hydrogen-bond donors (Lipinski definition) is 1. The van der Waals surface area contributed by atoms with Crippen LogP contribution in [-0.2, 0) is 12.7 Å². The van der Waals surface area contributed by atoms with Gasteiger partial charge in [0.25, 0.3) is 5.56 Å². The van der Waals surface area contributed by atoms with E-state index in [0.717, 1.165) is 12.1 Å². The molecule has 3 rings (SSSR count). The number of aliphatic hydroxyl groups is 1. The van der Waals surface area contributed by atoms with Crippen LogP contribution >= 0.6 is 11.3 Å². The molecule has 0 unspecified atom stereocenters. The molecule has 0 aliphatic rings. The summed E-state index contributed by atoms with van der Waals surface area (Å²) in [6, 6.07) is 6.06. The van der Waals surface area contributed by atoms with E-state index in [1.54, 1.807) is 11.4 Å². The summed E-state index contributed by atoms with van der Waals surface area (Å²) in [4.78, 5) is 16.9. The van der Waals surface area contributed by atoms with Crippen molar-refractivity contribution in [2.75, 3.05) is 0 Å². The predicted octanol–water partition coefficient (Wildman–Crippen LogP) is 3.21. The summed E-state index contributed by atoms with van der Waals surface area (Å²) >= 11 is 1.32. The van der Waals surface area contributed by atoms with Crippen molar-refractivity contribution in [3.8, 4) is 0 Å². The Morgan fingerprint density at radius 1 is 1.30 bits per heavy atom. The van der Waals surface area contributed by atoms with Gasteiger partial charge in [-0.1, -0.05) is 12.1 Å². The minimum atomic E-state index is -4.48. The van der Waals surface area contributed by atoms with Gasteiger partial charge >= 0.3 is 6.18 Å². The van der Waals surface area contributed by atoms with Crippen molar-refractivity contribution < 1.29 is 18.3 Å². The van der Waals surface area contributed by atoms with Crippen LogP contribution in [0.5, 0.6) is 0 Å². The first-order chi connectivity index (χ1) is 10.9. The molecule has 3 aromatic rings. The monoisotopic (exact) mass is 340 g/mol. The zero-order chi connectivity index (χ0) is 16.6. The number of aliphatic hydroxyl groups excluding tert-OH is 1. The summed E-state index contributed by atoms with van der Waals surface area (Å²) in [7, 11) is 0. The molecule has 0 radical (unpaired) electrons. The molecule has 23 heavy (non-hydrogen) atoms. The fourth-order valence-electron chi connectivity index (χ4n) is 2.24. The third-order valence-electron chi connectivity index (χ3n) is 3.42. The highest BCUT2D eigenvalue weighted by atomic mass is 32.1. The van der Waals surface area contributed by atoms with Gasteiger partial charge in [-0.05, 0) is 29.1 Å². The molecule has 0 fully saturated rings. The average Bonchev–Trinajstić information content (AvgIpc) is 2.99. The Balaban J connectivity index is 1.90. The number of halogens is 3. The van der Waals surface area contributed by atoms with Crippen molar-refractivity contribution in [2.24, 2.45) is 0 Å². The van der Waals surface area contributed by atoms with Crippen LogP contribution in [0.2, 0.25) is 0 Å². The quantitative estimate of drug-likeness (QED) is 0.797. The largest absolute Gasteiger partial charge is 0.416 e. The van der Waals surface area contributed by atoms with Crippen molar-refractivity contribution in [2.45, 2.75) is 18.8 Å². The Morgan fingerprint density at radius 3 is 2.83 bits per heavy atom. The average molecular weight is 340 g/mol. The van der Waals surface area contributed by atoms with Gasteiger partial charge in [0.1, 0.15) is 4.83 Å². The first-order valence-corrected chi connectivity index (χ1v) is 7.52. The zero-order valence-electron chi connectivity index (χ0n) is 11.6. The maximum Gasteiger partial charge on any atom is 0.416 e. The number of nitrogens with zero attached hydrogens (tertiary/aromatic N) is 2. The Bertz CT molecular complexity index is 901. The summed E-state index contributed by atoms with van der Waals surface area (Å²) in [5.74, 6) is 0. The molecule has 1 atom stereocenters. The van der Waals surface area contributed by atoms with Gasteiger partial charge in [0.05, 0.1) is 29.9 Å².